The molecule has 1 saturated carbocycles. The van der Waals surface area contributed by atoms with Crippen molar-refractivity contribution in [3.8, 4) is 5.75 Å². The molecule has 1 aliphatic carbocycles. The van der Waals surface area contributed by atoms with Gasteiger partial charge in [0, 0.05) is 19.1 Å². The number of halogens is 2. The molecule has 0 spiro atoms. The maximum absolute atomic E-state index is 12.6. The zero-order chi connectivity index (χ0) is 16.2. The van der Waals surface area contributed by atoms with Crippen LogP contribution in [0.2, 0.25) is 0 Å². The summed E-state index contributed by atoms with van der Waals surface area (Å²) in [4.78, 5) is 14.3. The number of carbonyl (C=O) groups excluding carboxylic acids is 1. The largest absolute Gasteiger partial charge is 0.434 e. The summed E-state index contributed by atoms with van der Waals surface area (Å²) < 4.78 is 29.4. The Bertz CT molecular complexity index is 541. The van der Waals surface area contributed by atoms with Crippen LogP contribution < -0.4 is 10.1 Å². The van der Waals surface area contributed by atoms with Crippen LogP contribution >= 0.6 is 0 Å². The molecule has 1 N–H and O–H groups in total. The van der Waals surface area contributed by atoms with Crippen molar-refractivity contribution in [3.05, 3.63) is 29.8 Å². The fourth-order valence-electron chi connectivity index (χ4n) is 2.95. The standard InChI is InChI=1S/C17H22F2N2O2/c18-17(19)23-15-4-2-1-3-14(15)16(22)21-9-7-13(8-10-21)20-11-12-5-6-12/h1-4,12-13,17,20H,5-11H2. The van der Waals surface area contributed by atoms with E-state index in [-0.39, 0.29) is 17.2 Å². The molecule has 126 valence electrons. The maximum Gasteiger partial charge on any atom is 0.387 e. The molecule has 1 aromatic rings. The second-order valence-electron chi connectivity index (χ2n) is 6.29. The highest BCUT2D eigenvalue weighted by atomic mass is 19.3. The molecule has 0 unspecified atom stereocenters. The number of nitrogens with one attached hydrogen (secondary N) is 1. The van der Waals surface area contributed by atoms with E-state index in [2.05, 4.69) is 10.1 Å². The van der Waals surface area contributed by atoms with Gasteiger partial charge < -0.3 is 15.0 Å². The Morgan fingerprint density at radius 3 is 2.57 bits per heavy atom. The van der Waals surface area contributed by atoms with E-state index >= 15 is 0 Å². The third-order valence-corrected chi connectivity index (χ3v) is 4.51. The van der Waals surface area contributed by atoms with Gasteiger partial charge in [-0.15, -0.1) is 0 Å². The van der Waals surface area contributed by atoms with Crippen molar-refractivity contribution in [3.63, 3.8) is 0 Å². The van der Waals surface area contributed by atoms with Gasteiger partial charge in [-0.05, 0) is 50.3 Å². The summed E-state index contributed by atoms with van der Waals surface area (Å²) in [6.07, 6.45) is 4.45. The molecule has 4 nitrogen and oxygen atoms in total. The van der Waals surface area contributed by atoms with Crippen LogP contribution in [0.25, 0.3) is 0 Å². The first-order valence-electron chi connectivity index (χ1n) is 8.20. The number of alkyl halides is 2. The SMILES string of the molecule is O=C(c1ccccc1OC(F)F)N1CCC(NCC2CC2)CC1. The van der Waals surface area contributed by atoms with Crippen molar-refractivity contribution in [1.29, 1.82) is 0 Å². The molecule has 1 saturated heterocycles. The minimum atomic E-state index is -2.93. The molecule has 2 aliphatic rings. The van der Waals surface area contributed by atoms with Gasteiger partial charge in [-0.25, -0.2) is 0 Å². The second-order valence-corrected chi connectivity index (χ2v) is 6.29. The van der Waals surface area contributed by atoms with Crippen molar-refractivity contribution < 1.29 is 18.3 Å². The Morgan fingerprint density at radius 1 is 1.22 bits per heavy atom. The summed E-state index contributed by atoms with van der Waals surface area (Å²) in [5.74, 6) is 0.552. The van der Waals surface area contributed by atoms with Crippen molar-refractivity contribution in [2.45, 2.75) is 38.3 Å². The van der Waals surface area contributed by atoms with Gasteiger partial charge in [0.05, 0.1) is 5.56 Å². The highest BCUT2D eigenvalue weighted by Gasteiger charge is 2.27. The quantitative estimate of drug-likeness (QED) is 0.875. The number of ether oxygens (including phenoxy) is 1. The van der Waals surface area contributed by atoms with E-state index in [4.69, 9.17) is 0 Å². The van der Waals surface area contributed by atoms with Crippen LogP contribution in [0, 0.1) is 5.92 Å². The summed E-state index contributed by atoms with van der Waals surface area (Å²) in [5.41, 5.74) is 0.206. The van der Waals surface area contributed by atoms with E-state index in [9.17, 15) is 13.6 Å². The van der Waals surface area contributed by atoms with Crippen LogP contribution in [0.5, 0.6) is 5.75 Å². The molecule has 1 aromatic carbocycles. The van der Waals surface area contributed by atoms with Gasteiger partial charge >= 0.3 is 6.61 Å². The van der Waals surface area contributed by atoms with Gasteiger partial charge in [0.2, 0.25) is 0 Å². The zero-order valence-corrected chi connectivity index (χ0v) is 13.0. The fraction of sp³-hybridized carbons (Fsp3) is 0.588. The molecule has 1 aliphatic heterocycles. The predicted molar refractivity (Wildman–Crippen MR) is 82.7 cm³/mol. The van der Waals surface area contributed by atoms with Crippen LogP contribution in [0.1, 0.15) is 36.0 Å². The van der Waals surface area contributed by atoms with Crippen LogP contribution in [0.4, 0.5) is 8.78 Å². The fourth-order valence-corrected chi connectivity index (χ4v) is 2.95. The second kappa shape index (κ2) is 7.25. The van der Waals surface area contributed by atoms with E-state index in [1.807, 2.05) is 0 Å². The van der Waals surface area contributed by atoms with Gasteiger partial charge in [-0.1, -0.05) is 12.1 Å². The third kappa shape index (κ3) is 4.41. The number of amides is 1. The summed E-state index contributed by atoms with van der Waals surface area (Å²) in [5, 5.41) is 3.56. The average molecular weight is 324 g/mol. The van der Waals surface area contributed by atoms with E-state index in [1.54, 1.807) is 17.0 Å². The molecule has 1 heterocycles. The Morgan fingerprint density at radius 2 is 1.91 bits per heavy atom. The molecule has 0 radical (unpaired) electrons. The highest BCUT2D eigenvalue weighted by molar-refractivity contribution is 5.97. The summed E-state index contributed by atoms with van der Waals surface area (Å²) in [6, 6.07) is 6.64. The van der Waals surface area contributed by atoms with Crippen molar-refractivity contribution in [2.75, 3.05) is 19.6 Å². The lowest BCUT2D eigenvalue weighted by molar-refractivity contribution is -0.0503. The molecular formula is C17H22F2N2O2. The third-order valence-electron chi connectivity index (χ3n) is 4.51. The van der Waals surface area contributed by atoms with Crippen LogP contribution in [-0.2, 0) is 0 Å². The molecule has 0 aromatic heterocycles. The molecule has 23 heavy (non-hydrogen) atoms. The molecule has 6 heteroatoms. The first-order chi connectivity index (χ1) is 11.1. The molecule has 2 fully saturated rings. The average Bonchev–Trinajstić information content (AvgIpc) is 3.37. The highest BCUT2D eigenvalue weighted by Crippen LogP contribution is 2.28. The minimum Gasteiger partial charge on any atom is -0.434 e. The first-order valence-corrected chi connectivity index (χ1v) is 8.20. The van der Waals surface area contributed by atoms with Gasteiger partial charge in [0.15, 0.2) is 0 Å². The Kier molecular flexibility index (Phi) is 5.10. The summed E-state index contributed by atoms with van der Waals surface area (Å²) >= 11 is 0. The number of para-hydroxylation sites is 1. The topological polar surface area (TPSA) is 41.6 Å². The van der Waals surface area contributed by atoms with Crippen molar-refractivity contribution in [1.82, 2.24) is 10.2 Å². The Labute approximate surface area is 134 Å². The number of carbonyl (C=O) groups is 1. The summed E-state index contributed by atoms with van der Waals surface area (Å²) in [7, 11) is 0. The van der Waals surface area contributed by atoms with E-state index in [0.717, 1.165) is 25.3 Å². The number of nitrogens with zero attached hydrogens (tertiary/aromatic N) is 1. The lowest BCUT2D eigenvalue weighted by atomic mass is 10.0. The van der Waals surface area contributed by atoms with Crippen LogP contribution in [0.15, 0.2) is 24.3 Å². The van der Waals surface area contributed by atoms with E-state index in [1.165, 1.54) is 25.0 Å². The molecule has 1 amide bonds. The predicted octanol–water partition coefficient (Wildman–Crippen LogP) is 2.89. The molecule has 0 atom stereocenters. The van der Waals surface area contributed by atoms with Gasteiger partial charge in [0.25, 0.3) is 5.91 Å². The van der Waals surface area contributed by atoms with Gasteiger partial charge in [-0.3, -0.25) is 4.79 Å². The number of piperidine rings is 1. The van der Waals surface area contributed by atoms with E-state index < -0.39 is 6.61 Å². The Balaban J connectivity index is 1.56. The van der Waals surface area contributed by atoms with Gasteiger partial charge in [-0.2, -0.15) is 8.78 Å². The van der Waals surface area contributed by atoms with Gasteiger partial charge in [0.1, 0.15) is 5.75 Å². The van der Waals surface area contributed by atoms with E-state index in [0.29, 0.717) is 19.1 Å². The van der Waals surface area contributed by atoms with Crippen LogP contribution in [-0.4, -0.2) is 43.1 Å². The minimum absolute atomic E-state index is 0.0542. The van der Waals surface area contributed by atoms with Crippen molar-refractivity contribution >= 4 is 5.91 Å². The van der Waals surface area contributed by atoms with Crippen molar-refractivity contribution in [2.24, 2.45) is 5.92 Å². The lowest BCUT2D eigenvalue weighted by Gasteiger charge is -2.33. The summed E-state index contributed by atoms with van der Waals surface area (Å²) in [6.45, 7) is -0.570. The number of benzene rings is 1. The maximum atomic E-state index is 12.6. The normalized spacial score (nSPS) is 19.2. The zero-order valence-electron chi connectivity index (χ0n) is 13.0. The number of likely N-dealkylation sites (tertiary alicyclic amines) is 1. The molecular weight excluding hydrogens is 302 g/mol. The smallest absolute Gasteiger partial charge is 0.387 e. The number of rotatable bonds is 6. The molecule has 0 bridgehead atoms. The van der Waals surface area contributed by atoms with Crippen LogP contribution in [0.3, 0.4) is 0 Å². The lowest BCUT2D eigenvalue weighted by Crippen LogP contribution is -2.45. The molecule has 3 rings (SSSR count). The number of hydrogen-bond acceptors (Lipinski definition) is 3. The first kappa shape index (κ1) is 16.2. The Hall–Kier alpha value is -1.69. The monoisotopic (exact) mass is 324 g/mol. The number of hydrogen-bond donors (Lipinski definition) is 1.